The molecule has 0 amide bonds. The molecule has 0 spiro atoms. The van der Waals surface area contributed by atoms with Crippen LogP contribution in [0.2, 0.25) is 0 Å². The van der Waals surface area contributed by atoms with Crippen LogP contribution in [0.1, 0.15) is 103 Å². The molecule has 0 atom stereocenters. The van der Waals surface area contributed by atoms with Gasteiger partial charge in [-0.2, -0.15) is 0 Å². The van der Waals surface area contributed by atoms with Crippen molar-refractivity contribution in [1.82, 2.24) is 9.55 Å². The second-order valence-electron chi connectivity index (χ2n) is 21.5. The molecule has 7 aromatic carbocycles. The van der Waals surface area contributed by atoms with E-state index in [0.717, 1.165) is 55.7 Å². The van der Waals surface area contributed by atoms with E-state index in [9.17, 15) is 4.39 Å². The highest BCUT2D eigenvalue weighted by molar-refractivity contribution is 6.09. The largest absolute Gasteiger partial charge is 0.457 e. The average molecular weight is 969 g/mol. The summed E-state index contributed by atoms with van der Waals surface area (Å²) in [6, 6.07) is 43.9. The van der Waals surface area contributed by atoms with Crippen LogP contribution in [-0.2, 0) is 10.8 Å². The lowest BCUT2D eigenvalue weighted by atomic mass is 9.82. The third kappa shape index (κ3) is 8.24. The van der Waals surface area contributed by atoms with Gasteiger partial charge in [0.25, 0.3) is 0 Å². The highest BCUT2D eigenvalue weighted by Crippen LogP contribution is 2.52. The molecule has 0 fully saturated rings. The number of rotatable bonds is 9. The van der Waals surface area contributed by atoms with Gasteiger partial charge in [-0.3, -0.25) is 4.57 Å². The van der Waals surface area contributed by atoms with Crippen molar-refractivity contribution in [3.63, 3.8) is 0 Å². The molecule has 2 aromatic heterocycles. The van der Waals surface area contributed by atoms with Crippen LogP contribution in [0, 0.1) is 29.1 Å². The number of benzene rings is 7. The Bertz CT molecular complexity index is 3540. The van der Waals surface area contributed by atoms with E-state index < -0.39 is 40.1 Å². The summed E-state index contributed by atoms with van der Waals surface area (Å²) < 4.78 is 85.9. The quantitative estimate of drug-likeness (QED) is 0.0820. The van der Waals surface area contributed by atoms with Crippen LogP contribution in [-0.4, -0.2) is 16.2 Å². The summed E-state index contributed by atoms with van der Waals surface area (Å²) in [6.07, 6.45) is 1.86. The topological polar surface area (TPSA) is 33.5 Å². The molecular formula is C62H57F5N4O. The molecular weight excluding hydrogens is 912 g/mol. The smallest absolute Gasteiger partial charge is 0.200 e. The second-order valence-corrected chi connectivity index (χ2v) is 21.5. The molecule has 3 heterocycles. The summed E-state index contributed by atoms with van der Waals surface area (Å²) in [5.74, 6) is -7.66. The van der Waals surface area contributed by atoms with Crippen molar-refractivity contribution in [2.24, 2.45) is 0 Å². The third-order valence-corrected chi connectivity index (χ3v) is 13.9. The molecule has 10 heteroatoms. The van der Waals surface area contributed by atoms with Gasteiger partial charge in [0, 0.05) is 40.4 Å². The van der Waals surface area contributed by atoms with Gasteiger partial charge in [-0.05, 0) is 111 Å². The monoisotopic (exact) mass is 968 g/mol. The van der Waals surface area contributed by atoms with Crippen molar-refractivity contribution < 1.29 is 26.7 Å². The van der Waals surface area contributed by atoms with Crippen molar-refractivity contribution in [2.75, 3.05) is 16.5 Å². The fourth-order valence-electron chi connectivity index (χ4n) is 10.3. The maximum atomic E-state index is 16.0. The number of anilines is 4. The van der Waals surface area contributed by atoms with Crippen LogP contribution in [0.3, 0.4) is 0 Å². The first-order valence-corrected chi connectivity index (χ1v) is 24.5. The predicted octanol–water partition coefficient (Wildman–Crippen LogP) is 18.1. The minimum Gasteiger partial charge on any atom is -0.457 e. The number of hydrogen-bond acceptors (Lipinski definition) is 4. The molecule has 1 aliphatic heterocycles. The van der Waals surface area contributed by atoms with Gasteiger partial charge < -0.3 is 14.5 Å². The van der Waals surface area contributed by atoms with Gasteiger partial charge in [-0.25, -0.2) is 26.9 Å². The number of pyridine rings is 1. The maximum Gasteiger partial charge on any atom is 0.200 e. The number of hydrogen-bond donors (Lipinski definition) is 0. The Kier molecular flexibility index (Phi) is 12.0. The lowest BCUT2D eigenvalue weighted by Crippen LogP contribution is -2.27. The summed E-state index contributed by atoms with van der Waals surface area (Å²) in [4.78, 5) is 8.91. The Balaban J connectivity index is 1.17. The van der Waals surface area contributed by atoms with E-state index in [2.05, 4.69) is 125 Å². The van der Waals surface area contributed by atoms with E-state index in [-0.39, 0.29) is 29.5 Å². The van der Waals surface area contributed by atoms with E-state index >= 15 is 17.6 Å². The van der Waals surface area contributed by atoms with E-state index in [1.54, 1.807) is 6.07 Å². The standard InChI is InChI=1S/C62H57F5N4O/c1-35(2)42-18-15-19-43(36(3)4)53(42)37-29-39(32-41(30-37)72-40-25-26-45-44-17-11-12-22-48(44)71(51(45)33-40)52-31-38(27-28-68-52)61(5,6)7)69-34-70(50-24-14-13-23-49(50)69)60-46(20-16-21-47(60)62(8,9)10)54-55(63)57(65)59(67)58(66)56(54)64/h11-33,35-36H,34H2,1-10H3. The van der Waals surface area contributed by atoms with Crippen molar-refractivity contribution >= 4 is 44.6 Å². The highest BCUT2D eigenvalue weighted by Gasteiger charge is 2.37. The summed E-state index contributed by atoms with van der Waals surface area (Å²) >= 11 is 0. The predicted molar refractivity (Wildman–Crippen MR) is 283 cm³/mol. The second kappa shape index (κ2) is 18.0. The van der Waals surface area contributed by atoms with E-state index in [0.29, 0.717) is 28.4 Å². The third-order valence-electron chi connectivity index (χ3n) is 13.9. The van der Waals surface area contributed by atoms with E-state index in [1.807, 2.05) is 86.5 Å². The van der Waals surface area contributed by atoms with E-state index in [4.69, 9.17) is 9.72 Å². The van der Waals surface area contributed by atoms with Gasteiger partial charge >= 0.3 is 0 Å². The first-order valence-electron chi connectivity index (χ1n) is 24.5. The molecule has 366 valence electrons. The molecule has 1 aliphatic rings. The van der Waals surface area contributed by atoms with Gasteiger partial charge in [0.05, 0.1) is 33.7 Å². The Hall–Kier alpha value is -7.46. The molecule has 9 aromatic rings. The minimum atomic E-state index is -2.21. The zero-order valence-corrected chi connectivity index (χ0v) is 42.2. The molecule has 0 N–H and O–H groups in total. The van der Waals surface area contributed by atoms with Gasteiger partial charge in [0.15, 0.2) is 23.3 Å². The summed E-state index contributed by atoms with van der Waals surface area (Å²) in [5, 5.41) is 2.14. The van der Waals surface area contributed by atoms with Crippen LogP contribution < -0.4 is 14.5 Å². The average Bonchev–Trinajstić information content (AvgIpc) is 3.90. The van der Waals surface area contributed by atoms with Crippen molar-refractivity contribution in [2.45, 2.75) is 91.9 Å². The van der Waals surface area contributed by atoms with Crippen LogP contribution in [0.25, 0.3) is 49.9 Å². The van der Waals surface area contributed by atoms with Crippen molar-refractivity contribution in [3.8, 4) is 39.6 Å². The number of aromatic nitrogens is 2. The lowest BCUT2D eigenvalue weighted by molar-refractivity contribution is 0.381. The number of nitrogens with zero attached hydrogens (tertiary/aromatic N) is 4. The van der Waals surface area contributed by atoms with Gasteiger partial charge in [-0.1, -0.05) is 136 Å². The summed E-state index contributed by atoms with van der Waals surface area (Å²) in [7, 11) is 0. The van der Waals surface area contributed by atoms with Gasteiger partial charge in [0.2, 0.25) is 5.82 Å². The fraction of sp³-hybridized carbons (Fsp3) is 0.242. The van der Waals surface area contributed by atoms with E-state index in [1.165, 1.54) is 17.2 Å². The van der Waals surface area contributed by atoms with Crippen LogP contribution in [0.5, 0.6) is 11.5 Å². The highest BCUT2D eigenvalue weighted by atomic mass is 19.2. The number of halogens is 5. The SMILES string of the molecule is CC(C)c1cccc(C(C)C)c1-c1cc(Oc2ccc3c4ccccc4n(-c4cc(C(C)(C)C)ccn4)c3c2)cc(N2CN(c3c(-c4c(F)c(F)c(F)c(F)c4F)cccc3C(C)(C)C)c3ccccc32)c1. The molecule has 0 radical (unpaired) electrons. The molecule has 0 saturated heterocycles. The van der Waals surface area contributed by atoms with Crippen molar-refractivity contribution in [1.29, 1.82) is 0 Å². The number of para-hydroxylation sites is 4. The fourth-order valence-corrected chi connectivity index (χ4v) is 10.3. The zero-order valence-electron chi connectivity index (χ0n) is 42.2. The first kappa shape index (κ1) is 48.2. The van der Waals surface area contributed by atoms with Crippen molar-refractivity contribution in [3.05, 3.63) is 191 Å². The first-order chi connectivity index (χ1) is 34.2. The molecule has 0 bridgehead atoms. The molecule has 5 nitrogen and oxygen atoms in total. The number of fused-ring (bicyclic) bond motifs is 4. The summed E-state index contributed by atoms with van der Waals surface area (Å²) in [5.41, 5.74) is 8.85. The molecule has 0 unspecified atom stereocenters. The molecule has 0 aliphatic carbocycles. The summed E-state index contributed by atoms with van der Waals surface area (Å²) in [6.45, 7) is 21.3. The van der Waals surface area contributed by atoms with Crippen LogP contribution in [0.4, 0.5) is 44.7 Å². The van der Waals surface area contributed by atoms with Gasteiger partial charge in [-0.15, -0.1) is 0 Å². The molecule has 0 saturated carbocycles. The zero-order chi connectivity index (χ0) is 51.1. The van der Waals surface area contributed by atoms with Crippen LogP contribution >= 0.6 is 0 Å². The Morgan fingerprint density at radius 3 is 1.79 bits per heavy atom. The minimum absolute atomic E-state index is 0.0977. The normalized spacial score (nSPS) is 13.1. The molecule has 72 heavy (non-hydrogen) atoms. The van der Waals surface area contributed by atoms with Gasteiger partial charge in [0.1, 0.15) is 24.0 Å². The maximum absolute atomic E-state index is 16.0. The Labute approximate surface area is 418 Å². The molecule has 10 rings (SSSR count). The Morgan fingerprint density at radius 2 is 1.14 bits per heavy atom. The van der Waals surface area contributed by atoms with Crippen LogP contribution in [0.15, 0.2) is 140 Å². The lowest BCUT2D eigenvalue weighted by Gasteiger charge is -2.32. The number of ether oxygens (including phenoxy) is 1. The Morgan fingerprint density at radius 1 is 0.528 bits per heavy atom.